The lowest BCUT2D eigenvalue weighted by Gasteiger charge is -2.10. The van der Waals surface area contributed by atoms with Crippen molar-refractivity contribution in [3.8, 4) is 22.8 Å². The lowest BCUT2D eigenvalue weighted by molar-refractivity contribution is -0.131. The van der Waals surface area contributed by atoms with Crippen molar-refractivity contribution in [3.63, 3.8) is 0 Å². The zero-order valence-electron chi connectivity index (χ0n) is 14.1. The summed E-state index contributed by atoms with van der Waals surface area (Å²) < 4.78 is 17.5. The lowest BCUT2D eigenvalue weighted by atomic mass is 10.1. The number of methoxy groups -OCH3 is 1. The Morgan fingerprint density at radius 2 is 1.92 bits per heavy atom. The van der Waals surface area contributed by atoms with Gasteiger partial charge in [-0.05, 0) is 24.3 Å². The molecule has 0 fully saturated rings. The largest absolute Gasteiger partial charge is 0.497 e. The number of rotatable bonds is 3. The van der Waals surface area contributed by atoms with Gasteiger partial charge in [0.25, 0.3) is 0 Å². The number of thiophene rings is 1. The van der Waals surface area contributed by atoms with Gasteiger partial charge in [-0.2, -0.15) is 0 Å². The van der Waals surface area contributed by atoms with Crippen molar-refractivity contribution in [1.82, 2.24) is 0 Å². The Hall–Kier alpha value is -3.12. The van der Waals surface area contributed by atoms with Crippen LogP contribution in [0.5, 0.6) is 11.5 Å². The van der Waals surface area contributed by atoms with Crippen LogP contribution in [0.1, 0.15) is 6.92 Å². The van der Waals surface area contributed by atoms with Crippen molar-refractivity contribution in [3.05, 3.63) is 58.1 Å². The van der Waals surface area contributed by atoms with E-state index in [0.717, 1.165) is 15.6 Å². The van der Waals surface area contributed by atoms with Crippen LogP contribution in [-0.2, 0) is 4.79 Å². The molecule has 0 atom stereocenters. The fraction of sp³-hybridized carbons (Fsp3) is 0.100. The van der Waals surface area contributed by atoms with Gasteiger partial charge in [-0.1, -0.05) is 18.2 Å². The maximum Gasteiger partial charge on any atom is 0.308 e. The van der Waals surface area contributed by atoms with E-state index in [1.54, 1.807) is 18.2 Å². The summed E-state index contributed by atoms with van der Waals surface area (Å²) in [4.78, 5) is 24.6. The van der Waals surface area contributed by atoms with Gasteiger partial charge in [-0.15, -0.1) is 11.3 Å². The average Bonchev–Trinajstić information content (AvgIpc) is 3.07. The third-order valence-electron chi connectivity index (χ3n) is 4.03. The molecule has 0 spiro atoms. The molecule has 2 aromatic heterocycles. The van der Waals surface area contributed by atoms with Crippen LogP contribution < -0.4 is 14.9 Å². The van der Waals surface area contributed by atoms with Crippen molar-refractivity contribution in [1.29, 1.82) is 0 Å². The molecule has 0 saturated carbocycles. The molecule has 4 rings (SSSR count). The van der Waals surface area contributed by atoms with Crippen molar-refractivity contribution in [2.75, 3.05) is 7.11 Å². The molecular formula is C20H14O5S. The van der Waals surface area contributed by atoms with Crippen LogP contribution in [0, 0.1) is 0 Å². The summed E-state index contributed by atoms with van der Waals surface area (Å²) >= 11 is 1.53. The highest BCUT2D eigenvalue weighted by Gasteiger charge is 2.22. The van der Waals surface area contributed by atoms with E-state index in [9.17, 15) is 9.59 Å². The Labute approximate surface area is 152 Å². The van der Waals surface area contributed by atoms with Gasteiger partial charge < -0.3 is 13.9 Å². The van der Waals surface area contributed by atoms with E-state index >= 15 is 0 Å². The van der Waals surface area contributed by atoms with Gasteiger partial charge in [-0.25, -0.2) is 0 Å². The van der Waals surface area contributed by atoms with Gasteiger partial charge in [0, 0.05) is 28.0 Å². The minimum atomic E-state index is -0.583. The molecule has 0 aliphatic carbocycles. The number of hydrogen-bond donors (Lipinski definition) is 0. The molecular weight excluding hydrogens is 352 g/mol. The monoisotopic (exact) mass is 366 g/mol. The second-order valence-corrected chi connectivity index (χ2v) is 6.60. The average molecular weight is 366 g/mol. The number of ether oxygens (including phenoxy) is 2. The summed E-state index contributed by atoms with van der Waals surface area (Å²) in [6, 6.07) is 12.7. The zero-order chi connectivity index (χ0) is 18.3. The number of carbonyl (C=O) groups excluding carboxylic acids is 1. The molecule has 0 aliphatic rings. The Kier molecular flexibility index (Phi) is 3.97. The molecule has 2 aromatic carbocycles. The first-order valence-electron chi connectivity index (χ1n) is 7.88. The molecule has 6 heteroatoms. The van der Waals surface area contributed by atoms with Crippen molar-refractivity contribution in [2.45, 2.75) is 6.92 Å². The summed E-state index contributed by atoms with van der Waals surface area (Å²) in [5.41, 5.74) is 0.708. The fourth-order valence-corrected chi connectivity index (χ4v) is 3.79. The van der Waals surface area contributed by atoms with Crippen molar-refractivity contribution in [2.24, 2.45) is 0 Å². The highest BCUT2D eigenvalue weighted by atomic mass is 32.1. The third kappa shape index (κ3) is 2.64. The summed E-state index contributed by atoms with van der Waals surface area (Å²) in [7, 11) is 1.52. The first kappa shape index (κ1) is 16.4. The molecule has 130 valence electrons. The van der Waals surface area contributed by atoms with Crippen LogP contribution in [0.2, 0.25) is 0 Å². The Morgan fingerprint density at radius 1 is 1.12 bits per heavy atom. The Bertz CT molecular complexity index is 1200. The molecule has 2 heterocycles. The molecule has 5 nitrogen and oxygen atoms in total. The predicted molar refractivity (Wildman–Crippen MR) is 101 cm³/mol. The Balaban J connectivity index is 2.07. The van der Waals surface area contributed by atoms with Crippen LogP contribution in [0.4, 0.5) is 0 Å². The second-order valence-electron chi connectivity index (χ2n) is 5.69. The van der Waals surface area contributed by atoms with Gasteiger partial charge in [0.1, 0.15) is 11.3 Å². The van der Waals surface area contributed by atoms with Crippen LogP contribution in [0.25, 0.3) is 32.4 Å². The molecule has 26 heavy (non-hydrogen) atoms. The third-order valence-corrected chi connectivity index (χ3v) is 4.99. The number of benzene rings is 2. The van der Waals surface area contributed by atoms with Gasteiger partial charge in [0.15, 0.2) is 5.76 Å². The smallest absolute Gasteiger partial charge is 0.308 e. The molecule has 0 saturated heterocycles. The first-order valence-corrected chi connectivity index (χ1v) is 8.76. The standard InChI is InChI=1S/C20H14O5S/c1-11(21)24-20-18(22)14-9-12(23-2)7-8-16(14)25-19(20)15-10-26-17-6-4-3-5-13(15)17/h3-10H,1-2H3. The van der Waals surface area contributed by atoms with Gasteiger partial charge in [-0.3, -0.25) is 9.59 Å². The van der Waals surface area contributed by atoms with Crippen LogP contribution >= 0.6 is 11.3 Å². The summed E-state index contributed by atoms with van der Waals surface area (Å²) in [6.45, 7) is 1.25. The fourth-order valence-electron chi connectivity index (χ4n) is 2.85. The van der Waals surface area contributed by atoms with E-state index in [1.165, 1.54) is 25.4 Å². The molecule has 4 aromatic rings. The molecule has 0 radical (unpaired) electrons. The van der Waals surface area contributed by atoms with E-state index in [0.29, 0.717) is 16.7 Å². The van der Waals surface area contributed by atoms with Gasteiger partial charge in [0.2, 0.25) is 11.2 Å². The van der Waals surface area contributed by atoms with E-state index < -0.39 is 11.4 Å². The zero-order valence-corrected chi connectivity index (χ0v) is 14.9. The van der Waals surface area contributed by atoms with Gasteiger partial charge in [0.05, 0.1) is 12.5 Å². The second kappa shape index (κ2) is 6.31. The molecule has 0 unspecified atom stereocenters. The Morgan fingerprint density at radius 3 is 2.69 bits per heavy atom. The van der Waals surface area contributed by atoms with E-state index in [4.69, 9.17) is 13.9 Å². The summed E-state index contributed by atoms with van der Waals surface area (Å²) in [5.74, 6) is 0.0785. The maximum absolute atomic E-state index is 13.0. The molecule has 0 bridgehead atoms. The quantitative estimate of drug-likeness (QED) is 0.496. The van der Waals surface area contributed by atoms with Gasteiger partial charge >= 0.3 is 5.97 Å². The van der Waals surface area contributed by atoms with E-state index in [-0.39, 0.29) is 11.5 Å². The predicted octanol–water partition coefficient (Wildman–Crippen LogP) is 4.61. The topological polar surface area (TPSA) is 65.7 Å². The highest BCUT2D eigenvalue weighted by molar-refractivity contribution is 7.17. The minimum absolute atomic E-state index is 0.109. The number of fused-ring (bicyclic) bond motifs is 2. The van der Waals surface area contributed by atoms with Crippen LogP contribution in [0.15, 0.2) is 57.1 Å². The number of hydrogen-bond acceptors (Lipinski definition) is 6. The summed E-state index contributed by atoms with van der Waals surface area (Å²) in [5, 5.41) is 3.12. The number of carbonyl (C=O) groups is 1. The number of esters is 1. The molecule has 0 N–H and O–H groups in total. The van der Waals surface area contributed by atoms with E-state index in [2.05, 4.69) is 0 Å². The lowest BCUT2D eigenvalue weighted by Crippen LogP contribution is -2.13. The summed E-state index contributed by atoms with van der Waals surface area (Å²) in [6.07, 6.45) is 0. The maximum atomic E-state index is 13.0. The highest BCUT2D eigenvalue weighted by Crippen LogP contribution is 2.39. The normalized spacial score (nSPS) is 11.0. The van der Waals surface area contributed by atoms with Crippen molar-refractivity contribution >= 4 is 38.4 Å². The minimum Gasteiger partial charge on any atom is -0.497 e. The van der Waals surface area contributed by atoms with Crippen molar-refractivity contribution < 1.29 is 18.7 Å². The molecule has 0 amide bonds. The molecule has 0 aliphatic heterocycles. The van der Waals surface area contributed by atoms with Crippen LogP contribution in [-0.4, -0.2) is 13.1 Å². The van der Waals surface area contributed by atoms with Crippen LogP contribution in [0.3, 0.4) is 0 Å². The SMILES string of the molecule is COc1ccc2oc(-c3csc4ccccc34)c(OC(C)=O)c(=O)c2c1. The van der Waals surface area contributed by atoms with E-state index in [1.807, 2.05) is 29.6 Å². The first-order chi connectivity index (χ1) is 12.6.